The Morgan fingerprint density at radius 3 is 2.79 bits per heavy atom. The molecule has 0 atom stereocenters. The van der Waals surface area contributed by atoms with Gasteiger partial charge in [-0.2, -0.15) is 0 Å². The third-order valence-electron chi connectivity index (χ3n) is 4.17. The third kappa shape index (κ3) is 2.57. The molecular formula is C19H14FNO2S. The van der Waals surface area contributed by atoms with Crippen molar-refractivity contribution in [1.82, 2.24) is 4.57 Å². The van der Waals surface area contributed by atoms with Crippen LogP contribution in [0.25, 0.3) is 21.0 Å². The summed E-state index contributed by atoms with van der Waals surface area (Å²) in [7, 11) is 0. The topological polar surface area (TPSA) is 42.2 Å². The first-order valence-corrected chi connectivity index (χ1v) is 8.44. The summed E-state index contributed by atoms with van der Waals surface area (Å²) in [6, 6.07) is 12.6. The summed E-state index contributed by atoms with van der Waals surface area (Å²) < 4.78 is 16.7. The van der Waals surface area contributed by atoms with E-state index in [2.05, 4.69) is 0 Å². The quantitative estimate of drug-likeness (QED) is 0.587. The van der Waals surface area contributed by atoms with E-state index >= 15 is 0 Å². The minimum absolute atomic E-state index is 0.00741. The Balaban J connectivity index is 1.81. The number of aromatic nitrogens is 1. The fraction of sp³-hybridized carbons (Fsp3) is 0.105. The summed E-state index contributed by atoms with van der Waals surface area (Å²) >= 11 is 1.59. The Kier molecular flexibility index (Phi) is 3.58. The van der Waals surface area contributed by atoms with Crippen LogP contribution in [0.1, 0.15) is 11.1 Å². The summed E-state index contributed by atoms with van der Waals surface area (Å²) in [6.45, 7) is 0.587. The zero-order valence-corrected chi connectivity index (χ0v) is 13.5. The van der Waals surface area contributed by atoms with E-state index in [-0.39, 0.29) is 12.2 Å². The molecule has 0 amide bonds. The minimum Gasteiger partial charge on any atom is -0.481 e. The van der Waals surface area contributed by atoms with Gasteiger partial charge in [0.05, 0.1) is 6.42 Å². The molecule has 0 fully saturated rings. The molecule has 4 rings (SSSR count). The number of halogens is 1. The predicted molar refractivity (Wildman–Crippen MR) is 94.2 cm³/mol. The summed E-state index contributed by atoms with van der Waals surface area (Å²) in [5.41, 5.74) is 2.82. The molecule has 24 heavy (non-hydrogen) atoms. The van der Waals surface area contributed by atoms with Crippen LogP contribution >= 0.6 is 11.3 Å². The van der Waals surface area contributed by atoms with Gasteiger partial charge < -0.3 is 9.67 Å². The first kappa shape index (κ1) is 14.9. The van der Waals surface area contributed by atoms with Gasteiger partial charge in [0.2, 0.25) is 0 Å². The van der Waals surface area contributed by atoms with Gasteiger partial charge >= 0.3 is 5.97 Å². The molecule has 2 heterocycles. The Morgan fingerprint density at radius 2 is 1.96 bits per heavy atom. The summed E-state index contributed by atoms with van der Waals surface area (Å²) in [4.78, 5) is 11.1. The predicted octanol–water partition coefficient (Wildman–Crippen LogP) is 4.67. The van der Waals surface area contributed by atoms with Gasteiger partial charge in [-0.15, -0.1) is 11.3 Å². The standard InChI is InChI=1S/C19H14FNO2S/c20-14-5-6-18-16(8-14)13(11-24-18)10-21-9-12(7-19(22)23)15-3-1-2-4-17(15)21/h1-6,8-9,11H,7,10H2,(H,22,23). The Hall–Kier alpha value is -2.66. The first-order chi connectivity index (χ1) is 11.6. The van der Waals surface area contributed by atoms with E-state index in [1.165, 1.54) is 6.07 Å². The highest BCUT2D eigenvalue weighted by molar-refractivity contribution is 7.17. The van der Waals surface area contributed by atoms with Crippen molar-refractivity contribution < 1.29 is 14.3 Å². The molecule has 4 aromatic rings. The van der Waals surface area contributed by atoms with E-state index in [1.54, 1.807) is 23.5 Å². The van der Waals surface area contributed by atoms with E-state index in [0.29, 0.717) is 6.54 Å². The zero-order chi connectivity index (χ0) is 16.7. The van der Waals surface area contributed by atoms with Crippen molar-refractivity contribution in [1.29, 1.82) is 0 Å². The highest BCUT2D eigenvalue weighted by Crippen LogP contribution is 2.29. The van der Waals surface area contributed by atoms with E-state index < -0.39 is 5.97 Å². The van der Waals surface area contributed by atoms with E-state index in [1.807, 2.05) is 40.4 Å². The van der Waals surface area contributed by atoms with Crippen molar-refractivity contribution in [2.75, 3.05) is 0 Å². The number of rotatable bonds is 4. The van der Waals surface area contributed by atoms with Crippen LogP contribution in [0, 0.1) is 5.82 Å². The molecule has 120 valence electrons. The molecule has 0 bridgehead atoms. The van der Waals surface area contributed by atoms with Gasteiger partial charge in [0.25, 0.3) is 0 Å². The number of carboxylic acid groups (broad SMARTS) is 1. The molecule has 0 saturated carbocycles. The Bertz CT molecular complexity index is 1060. The maximum atomic E-state index is 13.6. The highest BCUT2D eigenvalue weighted by atomic mass is 32.1. The molecule has 2 aromatic heterocycles. The zero-order valence-electron chi connectivity index (χ0n) is 12.7. The first-order valence-electron chi connectivity index (χ1n) is 7.56. The van der Waals surface area contributed by atoms with Crippen molar-refractivity contribution in [3.8, 4) is 0 Å². The normalized spacial score (nSPS) is 11.4. The van der Waals surface area contributed by atoms with Gasteiger partial charge in [-0.05, 0) is 40.8 Å². The largest absolute Gasteiger partial charge is 0.481 e. The maximum Gasteiger partial charge on any atom is 0.307 e. The number of hydrogen-bond donors (Lipinski definition) is 1. The highest BCUT2D eigenvalue weighted by Gasteiger charge is 2.13. The molecule has 0 spiro atoms. The second kappa shape index (κ2) is 5.76. The molecule has 0 aliphatic heterocycles. The number of thiophene rings is 1. The van der Waals surface area contributed by atoms with Crippen LogP contribution in [-0.2, 0) is 17.8 Å². The van der Waals surface area contributed by atoms with Gasteiger partial charge in [0, 0.05) is 33.7 Å². The maximum absolute atomic E-state index is 13.6. The van der Waals surface area contributed by atoms with Gasteiger partial charge in [0.15, 0.2) is 0 Å². The molecule has 2 aromatic carbocycles. The van der Waals surface area contributed by atoms with Gasteiger partial charge in [-0.25, -0.2) is 4.39 Å². The minimum atomic E-state index is -0.846. The van der Waals surface area contributed by atoms with Crippen molar-refractivity contribution in [2.24, 2.45) is 0 Å². The molecular weight excluding hydrogens is 325 g/mol. The molecule has 5 heteroatoms. The van der Waals surface area contributed by atoms with Crippen molar-refractivity contribution in [3.63, 3.8) is 0 Å². The summed E-state index contributed by atoms with van der Waals surface area (Å²) in [5, 5.41) is 13.0. The van der Waals surface area contributed by atoms with Gasteiger partial charge in [0.1, 0.15) is 5.82 Å². The second-order valence-corrected chi connectivity index (χ2v) is 6.68. The Morgan fingerprint density at radius 1 is 1.12 bits per heavy atom. The number of nitrogens with zero attached hydrogens (tertiary/aromatic N) is 1. The lowest BCUT2D eigenvalue weighted by atomic mass is 10.1. The second-order valence-electron chi connectivity index (χ2n) is 5.77. The van der Waals surface area contributed by atoms with E-state index in [0.717, 1.165) is 32.1 Å². The lowest BCUT2D eigenvalue weighted by Gasteiger charge is -2.05. The van der Waals surface area contributed by atoms with Gasteiger partial charge in [-0.3, -0.25) is 4.79 Å². The van der Waals surface area contributed by atoms with Crippen LogP contribution in [0.5, 0.6) is 0 Å². The van der Waals surface area contributed by atoms with Crippen LogP contribution in [0.15, 0.2) is 54.0 Å². The van der Waals surface area contributed by atoms with E-state index in [4.69, 9.17) is 5.11 Å². The number of carboxylic acids is 1. The molecule has 1 N–H and O–H groups in total. The van der Waals surface area contributed by atoms with Crippen molar-refractivity contribution >= 4 is 38.3 Å². The number of aliphatic carboxylic acids is 1. The summed E-state index contributed by atoms with van der Waals surface area (Å²) in [5.74, 6) is -1.09. The van der Waals surface area contributed by atoms with Crippen LogP contribution < -0.4 is 0 Å². The van der Waals surface area contributed by atoms with Crippen molar-refractivity contribution in [2.45, 2.75) is 13.0 Å². The number of para-hydroxylation sites is 1. The van der Waals surface area contributed by atoms with Crippen LogP contribution in [-0.4, -0.2) is 15.6 Å². The van der Waals surface area contributed by atoms with Crippen LogP contribution in [0.2, 0.25) is 0 Å². The molecule has 0 aliphatic rings. The Labute approximate surface area is 141 Å². The smallest absolute Gasteiger partial charge is 0.307 e. The molecule has 3 nitrogen and oxygen atoms in total. The number of fused-ring (bicyclic) bond motifs is 2. The summed E-state index contributed by atoms with van der Waals surface area (Å²) in [6.07, 6.45) is 1.88. The lowest BCUT2D eigenvalue weighted by Crippen LogP contribution is -2.00. The third-order valence-corrected chi connectivity index (χ3v) is 5.18. The SMILES string of the molecule is O=C(O)Cc1cn(Cc2csc3ccc(F)cc23)c2ccccc12. The van der Waals surface area contributed by atoms with E-state index in [9.17, 15) is 9.18 Å². The number of carbonyl (C=O) groups is 1. The average Bonchev–Trinajstić information content (AvgIpc) is 3.10. The molecule has 0 unspecified atom stereocenters. The van der Waals surface area contributed by atoms with Crippen LogP contribution in [0.4, 0.5) is 4.39 Å². The monoisotopic (exact) mass is 339 g/mol. The molecule has 0 radical (unpaired) electrons. The molecule has 0 saturated heterocycles. The van der Waals surface area contributed by atoms with Gasteiger partial charge in [-0.1, -0.05) is 18.2 Å². The lowest BCUT2D eigenvalue weighted by molar-refractivity contribution is -0.136. The number of hydrogen-bond acceptors (Lipinski definition) is 2. The van der Waals surface area contributed by atoms with Crippen molar-refractivity contribution in [3.05, 3.63) is 71.0 Å². The average molecular weight is 339 g/mol. The fourth-order valence-corrected chi connectivity index (χ4v) is 4.05. The van der Waals surface area contributed by atoms with Crippen LogP contribution in [0.3, 0.4) is 0 Å². The molecule has 0 aliphatic carbocycles. The number of benzene rings is 2. The fourth-order valence-electron chi connectivity index (χ4n) is 3.12.